The number of nitriles is 1. The first-order valence-corrected chi connectivity index (χ1v) is 7.61. The standard InChI is InChI=1S/C15H12BrN5O4/c1-24-13-7-10(6-12(16)15(13)25-5-4-17)8-19-20-14-3-2-11(9-18-14)21(22)23/h2-3,6-9H,5H2,1H3,(H,18,20). The van der Waals surface area contributed by atoms with Gasteiger partial charge in [0.2, 0.25) is 0 Å². The number of aromatic nitrogens is 1. The topological polar surface area (TPSA) is 123 Å². The molecule has 2 rings (SSSR count). The number of rotatable bonds is 7. The molecule has 1 N–H and O–H groups in total. The number of benzene rings is 1. The van der Waals surface area contributed by atoms with Crippen molar-refractivity contribution in [1.82, 2.24) is 4.98 Å². The third kappa shape index (κ3) is 4.89. The molecule has 1 aromatic carbocycles. The van der Waals surface area contributed by atoms with Gasteiger partial charge in [0.25, 0.3) is 5.69 Å². The minimum atomic E-state index is -0.528. The van der Waals surface area contributed by atoms with Gasteiger partial charge in [-0.1, -0.05) is 0 Å². The zero-order chi connectivity index (χ0) is 18.2. The third-order valence-corrected chi connectivity index (χ3v) is 3.47. The van der Waals surface area contributed by atoms with Crippen LogP contribution in [0.5, 0.6) is 11.5 Å². The van der Waals surface area contributed by atoms with Crippen LogP contribution in [0, 0.1) is 21.4 Å². The molecule has 0 aliphatic rings. The average molecular weight is 406 g/mol. The van der Waals surface area contributed by atoms with Crippen molar-refractivity contribution in [2.24, 2.45) is 5.10 Å². The van der Waals surface area contributed by atoms with Gasteiger partial charge in [0.05, 0.1) is 22.7 Å². The van der Waals surface area contributed by atoms with Crippen molar-refractivity contribution in [2.75, 3.05) is 19.1 Å². The number of hydrogen-bond acceptors (Lipinski definition) is 8. The molecule has 1 heterocycles. The number of hydrazone groups is 1. The first-order valence-electron chi connectivity index (χ1n) is 6.82. The van der Waals surface area contributed by atoms with Gasteiger partial charge in [0.1, 0.15) is 18.1 Å². The number of ether oxygens (including phenoxy) is 2. The lowest BCUT2D eigenvalue weighted by Crippen LogP contribution is -1.99. The number of anilines is 1. The number of pyridine rings is 1. The molecule has 0 spiro atoms. The van der Waals surface area contributed by atoms with E-state index in [1.165, 1.54) is 25.5 Å². The number of methoxy groups -OCH3 is 1. The Morgan fingerprint density at radius 3 is 2.92 bits per heavy atom. The zero-order valence-corrected chi connectivity index (χ0v) is 14.6. The van der Waals surface area contributed by atoms with Gasteiger partial charge < -0.3 is 9.47 Å². The van der Waals surface area contributed by atoms with Gasteiger partial charge in [0, 0.05) is 6.07 Å². The van der Waals surface area contributed by atoms with E-state index in [-0.39, 0.29) is 12.3 Å². The van der Waals surface area contributed by atoms with Crippen LogP contribution in [0.2, 0.25) is 0 Å². The van der Waals surface area contributed by atoms with Gasteiger partial charge in [-0.25, -0.2) is 4.98 Å². The molecule has 0 radical (unpaired) electrons. The Morgan fingerprint density at radius 2 is 2.32 bits per heavy atom. The number of halogens is 1. The summed E-state index contributed by atoms with van der Waals surface area (Å²) in [6, 6.07) is 8.09. The molecule has 0 saturated heterocycles. The minimum absolute atomic E-state index is 0.101. The highest BCUT2D eigenvalue weighted by molar-refractivity contribution is 9.10. The quantitative estimate of drug-likeness (QED) is 0.426. The van der Waals surface area contributed by atoms with Gasteiger partial charge >= 0.3 is 0 Å². The molecule has 0 fully saturated rings. The van der Waals surface area contributed by atoms with E-state index in [0.29, 0.717) is 27.4 Å². The Balaban J connectivity index is 2.11. The molecular formula is C15H12BrN5O4. The molecule has 0 bridgehead atoms. The van der Waals surface area contributed by atoms with Crippen LogP contribution in [0.3, 0.4) is 0 Å². The number of nitrogens with one attached hydrogen (secondary N) is 1. The Labute approximate surface area is 151 Å². The van der Waals surface area contributed by atoms with E-state index in [0.717, 1.165) is 6.20 Å². The Hall–Kier alpha value is -3.19. The molecule has 128 valence electrons. The summed E-state index contributed by atoms with van der Waals surface area (Å²) in [6.07, 6.45) is 2.66. The van der Waals surface area contributed by atoms with E-state index in [2.05, 4.69) is 31.4 Å². The number of nitrogens with zero attached hydrogens (tertiary/aromatic N) is 4. The first kappa shape index (κ1) is 18.2. The Morgan fingerprint density at radius 1 is 1.52 bits per heavy atom. The van der Waals surface area contributed by atoms with E-state index >= 15 is 0 Å². The fourth-order valence-corrected chi connectivity index (χ4v) is 2.37. The van der Waals surface area contributed by atoms with Crippen LogP contribution in [-0.2, 0) is 0 Å². The third-order valence-electron chi connectivity index (χ3n) is 2.88. The van der Waals surface area contributed by atoms with Crippen LogP contribution in [0.1, 0.15) is 5.56 Å². The predicted molar refractivity (Wildman–Crippen MR) is 93.9 cm³/mol. The summed E-state index contributed by atoms with van der Waals surface area (Å²) in [5.41, 5.74) is 3.27. The van der Waals surface area contributed by atoms with Crippen molar-refractivity contribution in [1.29, 1.82) is 5.26 Å². The Kier molecular flexibility index (Phi) is 6.25. The summed E-state index contributed by atoms with van der Waals surface area (Å²) in [5.74, 6) is 1.23. The molecule has 9 nitrogen and oxygen atoms in total. The first-order chi connectivity index (χ1) is 12.0. The molecule has 0 atom stereocenters. The second kappa shape index (κ2) is 8.60. The highest BCUT2D eigenvalue weighted by Gasteiger charge is 2.11. The maximum atomic E-state index is 10.6. The summed E-state index contributed by atoms with van der Waals surface area (Å²) in [6.45, 7) is -0.101. The fourth-order valence-electron chi connectivity index (χ4n) is 1.79. The summed E-state index contributed by atoms with van der Waals surface area (Å²) in [7, 11) is 1.49. The SMILES string of the molecule is COc1cc(C=NNc2ccc([N+](=O)[O-])cn2)cc(Br)c1OCC#N. The van der Waals surface area contributed by atoms with Crippen LogP contribution in [0.4, 0.5) is 11.5 Å². The molecule has 10 heteroatoms. The minimum Gasteiger partial charge on any atom is -0.493 e. The van der Waals surface area contributed by atoms with E-state index in [1.807, 2.05) is 6.07 Å². The van der Waals surface area contributed by atoms with E-state index < -0.39 is 4.92 Å². The predicted octanol–water partition coefficient (Wildman–Crippen LogP) is 3.11. The lowest BCUT2D eigenvalue weighted by Gasteiger charge is -2.11. The van der Waals surface area contributed by atoms with Crippen molar-refractivity contribution in [3.63, 3.8) is 0 Å². The van der Waals surface area contributed by atoms with E-state index in [1.54, 1.807) is 12.1 Å². The van der Waals surface area contributed by atoms with E-state index in [4.69, 9.17) is 14.7 Å². The largest absolute Gasteiger partial charge is 0.493 e. The summed E-state index contributed by atoms with van der Waals surface area (Å²) in [4.78, 5) is 13.9. The molecule has 0 aliphatic heterocycles. The second-order valence-corrected chi connectivity index (χ2v) is 5.36. The normalized spacial score (nSPS) is 10.3. The monoisotopic (exact) mass is 405 g/mol. The molecule has 25 heavy (non-hydrogen) atoms. The van der Waals surface area contributed by atoms with Crippen LogP contribution in [-0.4, -0.2) is 29.8 Å². The van der Waals surface area contributed by atoms with Crippen LogP contribution in [0.15, 0.2) is 40.0 Å². The molecule has 0 unspecified atom stereocenters. The van der Waals surface area contributed by atoms with Gasteiger partial charge in [-0.3, -0.25) is 15.5 Å². The summed E-state index contributed by atoms with van der Waals surface area (Å²) >= 11 is 3.35. The Bertz CT molecular complexity index is 833. The molecule has 2 aromatic rings. The van der Waals surface area contributed by atoms with Gasteiger partial charge in [-0.15, -0.1) is 0 Å². The van der Waals surface area contributed by atoms with Crippen molar-refractivity contribution < 1.29 is 14.4 Å². The molecule has 0 saturated carbocycles. The fraction of sp³-hybridized carbons (Fsp3) is 0.133. The van der Waals surface area contributed by atoms with Crippen molar-refractivity contribution >= 4 is 33.6 Å². The van der Waals surface area contributed by atoms with Crippen LogP contribution in [0.25, 0.3) is 0 Å². The van der Waals surface area contributed by atoms with Crippen LogP contribution < -0.4 is 14.9 Å². The number of hydrogen-bond donors (Lipinski definition) is 1. The van der Waals surface area contributed by atoms with Gasteiger partial charge in [0.15, 0.2) is 18.1 Å². The second-order valence-electron chi connectivity index (χ2n) is 4.51. The summed E-state index contributed by atoms with van der Waals surface area (Å²) < 4.78 is 11.2. The lowest BCUT2D eigenvalue weighted by molar-refractivity contribution is -0.385. The van der Waals surface area contributed by atoms with Crippen molar-refractivity contribution in [2.45, 2.75) is 0 Å². The molecule has 1 aromatic heterocycles. The maximum Gasteiger partial charge on any atom is 0.287 e. The molecular weight excluding hydrogens is 394 g/mol. The zero-order valence-electron chi connectivity index (χ0n) is 13.0. The summed E-state index contributed by atoms with van der Waals surface area (Å²) in [5, 5.41) is 23.2. The van der Waals surface area contributed by atoms with E-state index in [9.17, 15) is 10.1 Å². The average Bonchev–Trinajstić information content (AvgIpc) is 2.61. The van der Waals surface area contributed by atoms with Crippen molar-refractivity contribution in [3.05, 3.63) is 50.6 Å². The maximum absolute atomic E-state index is 10.6. The van der Waals surface area contributed by atoms with Gasteiger partial charge in [-0.05, 0) is 39.7 Å². The van der Waals surface area contributed by atoms with Crippen molar-refractivity contribution in [3.8, 4) is 17.6 Å². The lowest BCUT2D eigenvalue weighted by atomic mass is 10.2. The highest BCUT2D eigenvalue weighted by Crippen LogP contribution is 2.36. The highest BCUT2D eigenvalue weighted by atomic mass is 79.9. The molecule has 0 amide bonds. The molecule has 0 aliphatic carbocycles. The number of nitro groups is 1. The smallest absolute Gasteiger partial charge is 0.287 e. The van der Waals surface area contributed by atoms with Gasteiger partial charge in [-0.2, -0.15) is 10.4 Å². The van der Waals surface area contributed by atoms with Crippen LogP contribution >= 0.6 is 15.9 Å².